The van der Waals surface area contributed by atoms with Gasteiger partial charge in [0.25, 0.3) is 5.91 Å². The molecule has 6 nitrogen and oxygen atoms in total. The lowest BCUT2D eigenvalue weighted by Gasteiger charge is -2.16. The number of carbonyl (C=O) groups is 1. The maximum Gasteiger partial charge on any atom is 0.255 e. The van der Waals surface area contributed by atoms with E-state index in [1.165, 1.54) is 5.56 Å². The van der Waals surface area contributed by atoms with E-state index in [9.17, 15) is 4.79 Å². The number of rotatable bonds is 2. The van der Waals surface area contributed by atoms with E-state index in [1.54, 1.807) is 10.9 Å². The first kappa shape index (κ1) is 21.2. The van der Waals surface area contributed by atoms with E-state index in [4.69, 9.17) is 5.73 Å². The predicted octanol–water partition coefficient (Wildman–Crippen LogP) is 2.69. The van der Waals surface area contributed by atoms with Gasteiger partial charge in [0.05, 0.1) is 11.3 Å². The molecule has 0 aliphatic carbocycles. The molecule has 3 aromatic rings. The van der Waals surface area contributed by atoms with E-state index >= 15 is 0 Å². The molecule has 4 rings (SSSR count). The third-order valence-corrected chi connectivity index (χ3v) is 4.99. The van der Waals surface area contributed by atoms with Crippen LogP contribution in [0.4, 0.5) is 0 Å². The third-order valence-electron chi connectivity index (χ3n) is 4.99. The van der Waals surface area contributed by atoms with Crippen LogP contribution in [0.25, 0.3) is 11.0 Å². The number of pyridine rings is 1. The molecular weight excluding hydrogens is 385 g/mol. The number of hydrogen-bond acceptors (Lipinski definition) is 4. The summed E-state index contributed by atoms with van der Waals surface area (Å²) in [6.07, 6.45) is 1.63. The minimum atomic E-state index is -0.0526. The van der Waals surface area contributed by atoms with Crippen molar-refractivity contribution in [3.63, 3.8) is 0 Å². The van der Waals surface area contributed by atoms with Crippen LogP contribution in [0.5, 0.6) is 0 Å². The van der Waals surface area contributed by atoms with Gasteiger partial charge in [-0.3, -0.25) is 9.48 Å². The van der Waals surface area contributed by atoms with Crippen LogP contribution in [0.3, 0.4) is 0 Å². The SMILES string of the molecule is Cc1nn(C)c2ncc(C(=O)N3C[C@@H](N)[C@H](c4ccccc4)C3)cc12.Cl.Cl. The smallest absolute Gasteiger partial charge is 0.255 e. The summed E-state index contributed by atoms with van der Waals surface area (Å²) in [7, 11) is 1.85. The van der Waals surface area contributed by atoms with Crippen molar-refractivity contribution in [3.8, 4) is 0 Å². The van der Waals surface area contributed by atoms with E-state index in [0.29, 0.717) is 18.7 Å². The Hall–Kier alpha value is -2.15. The number of benzene rings is 1. The number of carbonyl (C=O) groups excluding carboxylic acids is 1. The Morgan fingerprint density at radius 3 is 2.59 bits per heavy atom. The number of likely N-dealkylation sites (tertiary alicyclic amines) is 1. The van der Waals surface area contributed by atoms with E-state index in [0.717, 1.165) is 16.7 Å². The first-order valence-electron chi connectivity index (χ1n) is 8.43. The fourth-order valence-electron chi connectivity index (χ4n) is 3.66. The highest BCUT2D eigenvalue weighted by molar-refractivity contribution is 5.97. The average molecular weight is 408 g/mol. The van der Waals surface area contributed by atoms with Crippen molar-refractivity contribution in [1.82, 2.24) is 19.7 Å². The van der Waals surface area contributed by atoms with Crippen LogP contribution in [-0.4, -0.2) is 44.7 Å². The Bertz CT molecular complexity index is 944. The lowest BCUT2D eigenvalue weighted by Crippen LogP contribution is -2.32. The van der Waals surface area contributed by atoms with E-state index in [2.05, 4.69) is 22.2 Å². The molecule has 27 heavy (non-hydrogen) atoms. The molecule has 1 amide bonds. The molecule has 2 N–H and O–H groups in total. The van der Waals surface area contributed by atoms with Gasteiger partial charge in [-0.2, -0.15) is 5.10 Å². The van der Waals surface area contributed by atoms with Gasteiger partial charge >= 0.3 is 0 Å². The van der Waals surface area contributed by atoms with Crippen molar-refractivity contribution in [1.29, 1.82) is 0 Å². The summed E-state index contributed by atoms with van der Waals surface area (Å²) in [5, 5.41) is 5.27. The molecular formula is C19H23Cl2N5O. The molecule has 0 bridgehead atoms. The van der Waals surface area contributed by atoms with Crippen LogP contribution >= 0.6 is 24.8 Å². The fourth-order valence-corrected chi connectivity index (χ4v) is 3.66. The molecule has 1 aromatic carbocycles. The molecule has 0 radical (unpaired) electrons. The normalized spacial score (nSPS) is 18.9. The summed E-state index contributed by atoms with van der Waals surface area (Å²) < 4.78 is 1.73. The molecule has 8 heteroatoms. The number of nitrogens with zero attached hydrogens (tertiary/aromatic N) is 4. The largest absolute Gasteiger partial charge is 0.336 e. The number of aryl methyl sites for hydroxylation is 2. The molecule has 1 aliphatic heterocycles. The first-order valence-corrected chi connectivity index (χ1v) is 8.43. The van der Waals surface area contributed by atoms with Crippen LogP contribution in [0, 0.1) is 6.92 Å². The topological polar surface area (TPSA) is 77.0 Å². The van der Waals surface area contributed by atoms with Crippen molar-refractivity contribution < 1.29 is 4.79 Å². The molecule has 0 saturated carbocycles. The van der Waals surface area contributed by atoms with Gasteiger partial charge in [0.1, 0.15) is 0 Å². The lowest BCUT2D eigenvalue weighted by molar-refractivity contribution is 0.0789. The van der Waals surface area contributed by atoms with Crippen molar-refractivity contribution in [2.45, 2.75) is 18.9 Å². The maximum absolute atomic E-state index is 12.9. The molecule has 0 unspecified atom stereocenters. The monoisotopic (exact) mass is 407 g/mol. The van der Waals surface area contributed by atoms with Gasteiger partial charge in [-0.1, -0.05) is 30.3 Å². The van der Waals surface area contributed by atoms with Gasteiger partial charge in [-0.15, -0.1) is 24.8 Å². The summed E-state index contributed by atoms with van der Waals surface area (Å²) in [6.45, 7) is 3.12. The quantitative estimate of drug-likeness (QED) is 0.708. The number of aromatic nitrogens is 3. The minimum absolute atomic E-state index is 0. The van der Waals surface area contributed by atoms with Crippen molar-refractivity contribution >= 4 is 41.8 Å². The number of halogens is 2. The molecule has 144 valence electrons. The lowest BCUT2D eigenvalue weighted by atomic mass is 9.95. The molecule has 2 aromatic heterocycles. The van der Waals surface area contributed by atoms with E-state index in [1.807, 2.05) is 43.1 Å². The summed E-state index contributed by atoms with van der Waals surface area (Å²) >= 11 is 0. The van der Waals surface area contributed by atoms with Crippen molar-refractivity contribution in [2.24, 2.45) is 12.8 Å². The van der Waals surface area contributed by atoms with Gasteiger partial charge < -0.3 is 10.6 Å². The summed E-state index contributed by atoms with van der Waals surface area (Å²) in [4.78, 5) is 19.2. The third kappa shape index (κ3) is 3.78. The predicted molar refractivity (Wildman–Crippen MR) is 111 cm³/mol. The summed E-state index contributed by atoms with van der Waals surface area (Å²) in [5.74, 6) is 0.147. The minimum Gasteiger partial charge on any atom is -0.336 e. The van der Waals surface area contributed by atoms with Crippen LogP contribution in [0.1, 0.15) is 27.5 Å². The van der Waals surface area contributed by atoms with E-state index in [-0.39, 0.29) is 42.7 Å². The standard InChI is InChI=1S/C19H21N5O.2ClH/c1-12-15-8-14(9-21-18(15)23(2)22-12)19(25)24-10-16(17(20)11-24)13-6-4-3-5-7-13;;/h3-9,16-17H,10-11,20H2,1-2H3;2*1H/t16-,17+;;/m0../s1. The number of fused-ring (bicyclic) bond motifs is 1. The second kappa shape index (κ2) is 8.25. The molecule has 1 saturated heterocycles. The van der Waals surface area contributed by atoms with E-state index < -0.39 is 0 Å². The van der Waals surface area contributed by atoms with Crippen molar-refractivity contribution in [3.05, 3.63) is 59.4 Å². The second-order valence-electron chi connectivity index (χ2n) is 6.70. The second-order valence-corrected chi connectivity index (χ2v) is 6.70. The highest BCUT2D eigenvalue weighted by Gasteiger charge is 2.34. The molecule has 0 spiro atoms. The van der Waals surface area contributed by atoms with Gasteiger partial charge in [-0.25, -0.2) is 4.98 Å². The highest BCUT2D eigenvalue weighted by atomic mass is 35.5. The Morgan fingerprint density at radius 1 is 1.19 bits per heavy atom. The van der Waals surface area contributed by atoms with Crippen LogP contribution in [-0.2, 0) is 7.05 Å². The van der Waals surface area contributed by atoms with Gasteiger partial charge in [0, 0.05) is 43.7 Å². The molecule has 3 heterocycles. The zero-order valence-corrected chi connectivity index (χ0v) is 16.8. The highest BCUT2D eigenvalue weighted by Crippen LogP contribution is 2.28. The van der Waals surface area contributed by atoms with Gasteiger partial charge in [0.15, 0.2) is 5.65 Å². The summed E-state index contributed by atoms with van der Waals surface area (Å²) in [5.41, 5.74) is 9.74. The zero-order valence-electron chi connectivity index (χ0n) is 15.2. The number of amides is 1. The molecule has 1 fully saturated rings. The van der Waals surface area contributed by atoms with Crippen LogP contribution in [0.15, 0.2) is 42.6 Å². The Kier molecular flexibility index (Phi) is 6.46. The first-order chi connectivity index (χ1) is 12.0. The van der Waals surface area contributed by atoms with Gasteiger partial charge in [0.2, 0.25) is 0 Å². The fraction of sp³-hybridized carbons (Fsp3) is 0.316. The molecule has 1 aliphatic rings. The zero-order chi connectivity index (χ0) is 17.6. The van der Waals surface area contributed by atoms with Crippen LogP contribution in [0.2, 0.25) is 0 Å². The van der Waals surface area contributed by atoms with Gasteiger partial charge in [-0.05, 0) is 18.6 Å². The Balaban J connectivity index is 0.00000131. The molecule has 2 atom stereocenters. The van der Waals surface area contributed by atoms with Crippen molar-refractivity contribution in [2.75, 3.05) is 13.1 Å². The number of nitrogens with two attached hydrogens (primary N) is 1. The Morgan fingerprint density at radius 2 is 1.89 bits per heavy atom. The Labute approximate surface area is 170 Å². The maximum atomic E-state index is 12.9. The average Bonchev–Trinajstić information content (AvgIpc) is 3.15. The van der Waals surface area contributed by atoms with Crippen LogP contribution < -0.4 is 5.73 Å². The summed E-state index contributed by atoms with van der Waals surface area (Å²) in [6, 6.07) is 12.0. The number of hydrogen-bond donors (Lipinski definition) is 1.